The highest BCUT2D eigenvalue weighted by Gasteiger charge is 2.56. The van der Waals surface area contributed by atoms with Gasteiger partial charge in [-0.3, -0.25) is 4.90 Å². The smallest absolute Gasteiger partial charge is 0.222 e. The molecule has 3 heterocycles. The number of hydrogen-bond acceptors (Lipinski definition) is 5. The fourth-order valence-electron chi connectivity index (χ4n) is 3.88. The van der Waals surface area contributed by atoms with Gasteiger partial charge >= 0.3 is 0 Å². The molecule has 2 saturated heterocycles. The minimum atomic E-state index is 0.401. The molecule has 1 aromatic rings. The summed E-state index contributed by atoms with van der Waals surface area (Å²) in [4.78, 5) is 11.1. The van der Waals surface area contributed by atoms with Gasteiger partial charge < -0.3 is 10.1 Å². The number of ether oxygens (including phenoxy) is 1. The lowest BCUT2D eigenvalue weighted by atomic mass is 9.71. The first-order valence-corrected chi connectivity index (χ1v) is 7.80. The lowest BCUT2D eigenvalue weighted by molar-refractivity contribution is -0.0605. The van der Waals surface area contributed by atoms with Crippen molar-refractivity contribution in [1.82, 2.24) is 14.9 Å². The Kier molecular flexibility index (Phi) is 3.28. The zero-order valence-corrected chi connectivity index (χ0v) is 12.1. The molecule has 2 aliphatic heterocycles. The summed E-state index contributed by atoms with van der Waals surface area (Å²) < 4.78 is 5.92. The Bertz CT molecular complexity index is 472. The summed E-state index contributed by atoms with van der Waals surface area (Å²) in [5.74, 6) is 1.27. The standard InChI is InChI=1S/C14H19ClN4O/c15-9-7-16-14(17-8-9)18-11-10-3-6-20-13(10)12(11)19-4-1-2-5-19/h7-8,10-13H,1-6H2,(H,16,17,18)/t10-,11+,12-,13-/m1/s1. The van der Waals surface area contributed by atoms with Crippen molar-refractivity contribution in [2.45, 2.75) is 37.5 Å². The van der Waals surface area contributed by atoms with Crippen LogP contribution in [0, 0.1) is 5.92 Å². The van der Waals surface area contributed by atoms with Crippen molar-refractivity contribution >= 4 is 17.5 Å². The molecule has 6 heteroatoms. The number of nitrogens with zero attached hydrogens (tertiary/aromatic N) is 3. The lowest BCUT2D eigenvalue weighted by Gasteiger charge is -2.51. The Morgan fingerprint density at radius 1 is 1.25 bits per heavy atom. The Morgan fingerprint density at radius 2 is 2.00 bits per heavy atom. The zero-order valence-electron chi connectivity index (χ0n) is 11.3. The second kappa shape index (κ2) is 5.13. The summed E-state index contributed by atoms with van der Waals surface area (Å²) in [5, 5.41) is 4.07. The van der Waals surface area contributed by atoms with Gasteiger partial charge in [0.25, 0.3) is 0 Å². The molecule has 0 unspecified atom stereocenters. The molecule has 5 nitrogen and oxygen atoms in total. The Labute approximate surface area is 123 Å². The molecule has 0 bridgehead atoms. The summed E-state index contributed by atoms with van der Waals surface area (Å²) >= 11 is 5.84. The van der Waals surface area contributed by atoms with Crippen molar-refractivity contribution in [1.29, 1.82) is 0 Å². The van der Waals surface area contributed by atoms with Crippen LogP contribution in [0.4, 0.5) is 5.95 Å². The number of nitrogens with one attached hydrogen (secondary N) is 1. The van der Waals surface area contributed by atoms with Gasteiger partial charge in [-0.15, -0.1) is 0 Å². The van der Waals surface area contributed by atoms with Gasteiger partial charge in [-0.2, -0.15) is 0 Å². The van der Waals surface area contributed by atoms with Crippen LogP contribution in [0.25, 0.3) is 0 Å². The monoisotopic (exact) mass is 294 g/mol. The van der Waals surface area contributed by atoms with E-state index in [1.807, 2.05) is 0 Å². The van der Waals surface area contributed by atoms with E-state index in [1.165, 1.54) is 25.9 Å². The third-order valence-electron chi connectivity index (χ3n) is 4.83. The van der Waals surface area contributed by atoms with Crippen LogP contribution in [0.2, 0.25) is 5.02 Å². The first-order chi connectivity index (χ1) is 9.83. The van der Waals surface area contributed by atoms with Crippen molar-refractivity contribution in [2.24, 2.45) is 5.92 Å². The normalized spacial score (nSPS) is 36.6. The fraction of sp³-hybridized carbons (Fsp3) is 0.714. The minimum Gasteiger partial charge on any atom is -0.376 e. The Hall–Kier alpha value is -0.910. The molecule has 1 aromatic heterocycles. The molecule has 4 rings (SSSR count). The fourth-order valence-corrected chi connectivity index (χ4v) is 3.98. The second-order valence-corrected chi connectivity index (χ2v) is 6.35. The predicted octanol–water partition coefficient (Wildman–Crippen LogP) is 1.79. The minimum absolute atomic E-state index is 0.401. The summed E-state index contributed by atoms with van der Waals surface area (Å²) in [6.07, 6.45) is 7.43. The molecule has 0 amide bonds. The molecule has 4 atom stereocenters. The van der Waals surface area contributed by atoms with Crippen LogP contribution in [0.1, 0.15) is 19.3 Å². The Morgan fingerprint density at radius 3 is 2.75 bits per heavy atom. The molecular formula is C14H19ClN4O. The summed E-state index contributed by atoms with van der Waals surface area (Å²) in [5.41, 5.74) is 0. The first-order valence-electron chi connectivity index (χ1n) is 7.43. The van der Waals surface area contributed by atoms with E-state index in [0.29, 0.717) is 35.1 Å². The predicted molar refractivity (Wildman–Crippen MR) is 76.9 cm³/mol. The molecule has 1 saturated carbocycles. The van der Waals surface area contributed by atoms with E-state index in [1.54, 1.807) is 12.4 Å². The number of likely N-dealkylation sites (tertiary alicyclic amines) is 1. The largest absolute Gasteiger partial charge is 0.376 e. The second-order valence-electron chi connectivity index (χ2n) is 5.92. The SMILES string of the molecule is Clc1cnc(N[C@H]2[C@H]3CCO[C@H]3[C@@H]2N2CCCC2)nc1. The highest BCUT2D eigenvalue weighted by atomic mass is 35.5. The lowest BCUT2D eigenvalue weighted by Crippen LogP contribution is -2.67. The maximum Gasteiger partial charge on any atom is 0.222 e. The van der Waals surface area contributed by atoms with Gasteiger partial charge in [0.1, 0.15) is 0 Å². The molecular weight excluding hydrogens is 276 g/mol. The van der Waals surface area contributed by atoms with E-state index in [2.05, 4.69) is 20.2 Å². The quantitative estimate of drug-likeness (QED) is 0.921. The van der Waals surface area contributed by atoms with Crippen molar-refractivity contribution in [3.63, 3.8) is 0 Å². The topological polar surface area (TPSA) is 50.3 Å². The van der Waals surface area contributed by atoms with Gasteiger partial charge in [0.15, 0.2) is 0 Å². The number of fused-ring (bicyclic) bond motifs is 1. The Balaban J connectivity index is 1.51. The average molecular weight is 295 g/mol. The van der Waals surface area contributed by atoms with E-state index >= 15 is 0 Å². The van der Waals surface area contributed by atoms with Crippen LogP contribution in [-0.4, -0.2) is 52.8 Å². The number of aromatic nitrogens is 2. The van der Waals surface area contributed by atoms with Gasteiger partial charge in [0.05, 0.1) is 35.6 Å². The molecule has 3 aliphatic rings. The molecule has 0 aromatic carbocycles. The van der Waals surface area contributed by atoms with E-state index < -0.39 is 0 Å². The maximum absolute atomic E-state index is 5.92. The molecule has 0 spiro atoms. The van der Waals surface area contributed by atoms with Crippen molar-refractivity contribution in [3.8, 4) is 0 Å². The summed E-state index contributed by atoms with van der Waals surface area (Å²) in [6, 6.07) is 0.881. The van der Waals surface area contributed by atoms with Gasteiger partial charge in [0.2, 0.25) is 5.95 Å². The zero-order chi connectivity index (χ0) is 13.5. The summed E-state index contributed by atoms with van der Waals surface area (Å²) in [6.45, 7) is 3.27. The average Bonchev–Trinajstić information content (AvgIpc) is 3.09. The molecule has 1 N–H and O–H groups in total. The number of halogens is 1. The number of hydrogen-bond donors (Lipinski definition) is 1. The third kappa shape index (κ3) is 2.08. The van der Waals surface area contributed by atoms with Gasteiger partial charge in [-0.05, 0) is 32.4 Å². The van der Waals surface area contributed by atoms with Crippen LogP contribution in [0.3, 0.4) is 0 Å². The van der Waals surface area contributed by atoms with Crippen LogP contribution >= 0.6 is 11.6 Å². The van der Waals surface area contributed by atoms with Crippen LogP contribution in [0.5, 0.6) is 0 Å². The molecule has 0 radical (unpaired) electrons. The third-order valence-corrected chi connectivity index (χ3v) is 5.02. The molecule has 108 valence electrons. The number of anilines is 1. The van der Waals surface area contributed by atoms with E-state index in [-0.39, 0.29) is 0 Å². The first kappa shape index (κ1) is 12.8. The van der Waals surface area contributed by atoms with Gasteiger partial charge in [0, 0.05) is 12.5 Å². The van der Waals surface area contributed by atoms with Crippen molar-refractivity contribution in [3.05, 3.63) is 17.4 Å². The molecule has 20 heavy (non-hydrogen) atoms. The van der Waals surface area contributed by atoms with Gasteiger partial charge in [-0.1, -0.05) is 11.6 Å². The van der Waals surface area contributed by atoms with E-state index in [9.17, 15) is 0 Å². The van der Waals surface area contributed by atoms with Crippen LogP contribution in [-0.2, 0) is 4.74 Å². The molecule has 1 aliphatic carbocycles. The van der Waals surface area contributed by atoms with Crippen molar-refractivity contribution < 1.29 is 4.74 Å². The van der Waals surface area contributed by atoms with E-state index in [4.69, 9.17) is 16.3 Å². The van der Waals surface area contributed by atoms with Crippen LogP contribution < -0.4 is 5.32 Å². The van der Waals surface area contributed by atoms with Gasteiger partial charge in [-0.25, -0.2) is 9.97 Å². The van der Waals surface area contributed by atoms with Crippen LogP contribution in [0.15, 0.2) is 12.4 Å². The summed E-state index contributed by atoms with van der Waals surface area (Å²) in [7, 11) is 0. The highest BCUT2D eigenvalue weighted by molar-refractivity contribution is 6.30. The maximum atomic E-state index is 5.92. The number of rotatable bonds is 3. The highest BCUT2D eigenvalue weighted by Crippen LogP contribution is 2.43. The van der Waals surface area contributed by atoms with Crippen molar-refractivity contribution in [2.75, 3.05) is 25.0 Å². The van der Waals surface area contributed by atoms with E-state index in [0.717, 1.165) is 13.0 Å². The molecule has 3 fully saturated rings.